The summed E-state index contributed by atoms with van der Waals surface area (Å²) in [6, 6.07) is 10.4. The van der Waals surface area contributed by atoms with Crippen molar-refractivity contribution in [1.29, 1.82) is 0 Å². The van der Waals surface area contributed by atoms with E-state index in [-0.39, 0.29) is 43.0 Å². The van der Waals surface area contributed by atoms with Crippen LogP contribution in [-0.2, 0) is 28.7 Å². The normalized spacial score (nSPS) is 15.2. The Balaban J connectivity index is 1.74. The second-order valence-electron chi connectivity index (χ2n) is 15.0. The van der Waals surface area contributed by atoms with Crippen LogP contribution in [0.4, 0.5) is 9.59 Å². The first-order valence-corrected chi connectivity index (χ1v) is 20.4. The molecule has 0 aromatic heterocycles. The van der Waals surface area contributed by atoms with Crippen LogP contribution in [0.5, 0.6) is 0 Å². The molecule has 17 nitrogen and oxygen atoms in total. The molecule has 3 rings (SSSR count). The number of ether oxygens (including phenoxy) is 2. The zero-order valence-corrected chi connectivity index (χ0v) is 34.6. The summed E-state index contributed by atoms with van der Waals surface area (Å²) in [5.41, 5.74) is 3.37. The van der Waals surface area contributed by atoms with Gasteiger partial charge in [-0.3, -0.25) is 19.2 Å². The second kappa shape index (κ2) is 22.9. The molecule has 0 radical (unpaired) electrons. The van der Waals surface area contributed by atoms with Crippen molar-refractivity contribution in [2.45, 2.75) is 109 Å². The molecule has 0 saturated heterocycles. The molecule has 0 bridgehead atoms. The fourth-order valence-electron chi connectivity index (χ4n) is 6.06. The van der Waals surface area contributed by atoms with Crippen LogP contribution in [0.2, 0.25) is 0 Å². The third-order valence-electron chi connectivity index (χ3n) is 9.05. The average Bonchev–Trinajstić information content (AvgIpc) is 3.47. The molecule has 1 aliphatic rings. The quantitative estimate of drug-likeness (QED) is 0.0643. The summed E-state index contributed by atoms with van der Waals surface area (Å²) in [6.07, 6.45) is -3.34. The van der Waals surface area contributed by atoms with Crippen molar-refractivity contribution in [2.24, 2.45) is 0 Å². The summed E-state index contributed by atoms with van der Waals surface area (Å²) in [4.78, 5) is 77.4. The molecule has 0 aliphatic heterocycles. The average molecular weight is 831 g/mol. The van der Waals surface area contributed by atoms with E-state index in [0.29, 0.717) is 12.8 Å². The fourth-order valence-corrected chi connectivity index (χ4v) is 6.96. The molecular formula is C40H58N6O11S. The first-order valence-electron chi connectivity index (χ1n) is 19.2. The van der Waals surface area contributed by atoms with Crippen LogP contribution in [0.3, 0.4) is 0 Å². The van der Waals surface area contributed by atoms with E-state index in [1.807, 2.05) is 48.5 Å². The number of benzene rings is 2. The molecule has 0 heterocycles. The van der Waals surface area contributed by atoms with Crippen LogP contribution in [0.25, 0.3) is 11.1 Å². The molecule has 9 N–H and O–H groups in total. The number of alkyl carbamates (subject to hydrolysis) is 2. The minimum Gasteiger partial charge on any atom is -0.449 e. The minimum absolute atomic E-state index is 0.0255. The third-order valence-corrected chi connectivity index (χ3v) is 9.97. The maximum absolute atomic E-state index is 13.8. The molecule has 0 spiro atoms. The molecule has 6 atom stereocenters. The molecule has 6 amide bonds. The topological polar surface area (TPSA) is 254 Å². The van der Waals surface area contributed by atoms with Gasteiger partial charge in [-0.05, 0) is 76.1 Å². The van der Waals surface area contributed by atoms with Gasteiger partial charge in [0.15, 0.2) is 0 Å². The van der Waals surface area contributed by atoms with Gasteiger partial charge in [-0.15, -0.1) is 11.8 Å². The van der Waals surface area contributed by atoms with E-state index in [1.165, 1.54) is 20.8 Å². The molecule has 320 valence electrons. The summed E-state index contributed by atoms with van der Waals surface area (Å²) in [5, 5.41) is 45.5. The van der Waals surface area contributed by atoms with E-state index >= 15 is 0 Å². The molecule has 2 aromatic rings. The predicted molar refractivity (Wildman–Crippen MR) is 217 cm³/mol. The van der Waals surface area contributed by atoms with E-state index < -0.39 is 78.5 Å². The lowest BCUT2D eigenvalue weighted by Crippen LogP contribution is -2.61. The lowest BCUT2D eigenvalue weighted by Gasteiger charge is -2.28. The number of fused-ring (bicyclic) bond motifs is 3. The van der Waals surface area contributed by atoms with Crippen LogP contribution in [-0.4, -0.2) is 124 Å². The van der Waals surface area contributed by atoms with Gasteiger partial charge in [-0.2, -0.15) is 0 Å². The predicted octanol–water partition coefficient (Wildman–Crippen LogP) is 1.62. The van der Waals surface area contributed by atoms with Gasteiger partial charge in [0.1, 0.15) is 30.3 Å². The standard InChI is InChI=1S/C40H58N6O11S/c1-23(48)32(19-47)43-36(52)33(21-58-22-42-25(3)50)44-37(53)34(24(2)49)46-35(51)31(17-11-12-18-41-38(54)57-40(4,5)6)45-39(55)56-20-30-28-15-9-7-13-26(28)27-14-8-10-16-29(27)30/h7-10,13-16,23-24,30-34,47-49H,11-12,17-22H2,1-6H3,(H,41,54)(H,42,50)(H,43,52)(H,44,53)(H,45,55)(H,46,51)/t23-,24-,31+,32-,33+,34+/m1/s1. The number of carbonyl (C=O) groups is 6. The maximum atomic E-state index is 13.8. The van der Waals surface area contributed by atoms with Crippen LogP contribution in [0, 0.1) is 0 Å². The second-order valence-corrected chi connectivity index (χ2v) is 16.1. The van der Waals surface area contributed by atoms with Gasteiger partial charge in [0.25, 0.3) is 0 Å². The number of amides is 6. The lowest BCUT2D eigenvalue weighted by atomic mass is 9.98. The number of unbranched alkanes of at least 4 members (excludes halogenated alkanes) is 1. The number of aliphatic hydroxyl groups is 3. The smallest absolute Gasteiger partial charge is 0.407 e. The van der Waals surface area contributed by atoms with Crippen molar-refractivity contribution < 1.29 is 53.6 Å². The summed E-state index contributed by atoms with van der Waals surface area (Å²) >= 11 is 1.09. The molecule has 1 aliphatic carbocycles. The van der Waals surface area contributed by atoms with Crippen molar-refractivity contribution in [3.8, 4) is 11.1 Å². The van der Waals surface area contributed by atoms with Crippen molar-refractivity contribution in [3.05, 3.63) is 59.7 Å². The highest BCUT2D eigenvalue weighted by atomic mass is 32.2. The number of rotatable bonds is 21. The van der Waals surface area contributed by atoms with E-state index in [1.54, 1.807) is 20.8 Å². The lowest BCUT2D eigenvalue weighted by molar-refractivity contribution is -0.135. The zero-order chi connectivity index (χ0) is 43.0. The maximum Gasteiger partial charge on any atom is 0.407 e. The minimum atomic E-state index is -1.60. The van der Waals surface area contributed by atoms with Crippen LogP contribution < -0.4 is 31.9 Å². The Labute approximate surface area is 343 Å². The Bertz CT molecular complexity index is 1670. The Morgan fingerprint density at radius 2 is 1.36 bits per heavy atom. The number of carbonyl (C=O) groups excluding carboxylic acids is 6. The van der Waals surface area contributed by atoms with Crippen molar-refractivity contribution in [1.82, 2.24) is 31.9 Å². The monoisotopic (exact) mass is 830 g/mol. The van der Waals surface area contributed by atoms with Crippen molar-refractivity contribution in [3.63, 3.8) is 0 Å². The van der Waals surface area contributed by atoms with Crippen LogP contribution >= 0.6 is 11.8 Å². The molecule has 0 unspecified atom stereocenters. The van der Waals surface area contributed by atoms with Gasteiger partial charge in [-0.25, -0.2) is 9.59 Å². The van der Waals surface area contributed by atoms with E-state index in [9.17, 15) is 44.1 Å². The molecule has 0 fully saturated rings. The highest BCUT2D eigenvalue weighted by molar-refractivity contribution is 7.99. The molecule has 0 saturated carbocycles. The van der Waals surface area contributed by atoms with Crippen molar-refractivity contribution in [2.75, 3.05) is 31.4 Å². The number of hydrogen-bond donors (Lipinski definition) is 9. The third kappa shape index (κ3) is 15.1. The summed E-state index contributed by atoms with van der Waals surface area (Å²) in [7, 11) is 0. The van der Waals surface area contributed by atoms with Crippen molar-refractivity contribution >= 4 is 47.6 Å². The van der Waals surface area contributed by atoms with Gasteiger partial charge >= 0.3 is 12.2 Å². The SMILES string of the molecule is CC(=O)NCSC[C@H](NC(=O)[C@@H](NC(=O)[C@H](CCCCNC(=O)OC(C)(C)C)NC(=O)OCC1c2ccccc2-c2ccccc21)[C@@H](C)O)C(=O)N[C@H](CO)[C@@H](C)O. The number of thioether (sulfide) groups is 1. The number of nitrogens with one attached hydrogen (secondary N) is 6. The first kappa shape index (κ1) is 47.5. The first-order chi connectivity index (χ1) is 27.4. The van der Waals surface area contributed by atoms with Gasteiger partial charge in [0, 0.05) is 25.1 Å². The Kier molecular flexibility index (Phi) is 18.7. The summed E-state index contributed by atoms with van der Waals surface area (Å²) in [5.74, 6) is -3.07. The molecule has 58 heavy (non-hydrogen) atoms. The highest BCUT2D eigenvalue weighted by Gasteiger charge is 2.34. The Morgan fingerprint density at radius 1 is 0.759 bits per heavy atom. The number of hydrogen-bond acceptors (Lipinski definition) is 12. The Hall–Kier alpha value is -4.91. The van der Waals surface area contributed by atoms with Gasteiger partial charge < -0.3 is 56.7 Å². The highest BCUT2D eigenvalue weighted by Crippen LogP contribution is 2.44. The van der Waals surface area contributed by atoms with E-state index in [2.05, 4.69) is 31.9 Å². The number of aliphatic hydroxyl groups excluding tert-OH is 3. The zero-order valence-electron chi connectivity index (χ0n) is 33.8. The van der Waals surface area contributed by atoms with E-state index in [4.69, 9.17) is 9.47 Å². The molecule has 18 heteroatoms. The fraction of sp³-hybridized carbons (Fsp3) is 0.550. The summed E-state index contributed by atoms with van der Waals surface area (Å²) in [6.45, 7) is 8.73. The van der Waals surface area contributed by atoms with Crippen LogP contribution in [0.1, 0.15) is 77.8 Å². The van der Waals surface area contributed by atoms with Gasteiger partial charge in [0.05, 0.1) is 30.7 Å². The van der Waals surface area contributed by atoms with Gasteiger partial charge in [-0.1, -0.05) is 48.5 Å². The summed E-state index contributed by atoms with van der Waals surface area (Å²) < 4.78 is 10.9. The van der Waals surface area contributed by atoms with Gasteiger partial charge in [0.2, 0.25) is 23.6 Å². The van der Waals surface area contributed by atoms with E-state index in [0.717, 1.165) is 34.0 Å². The molecule has 2 aromatic carbocycles. The Morgan fingerprint density at radius 3 is 1.91 bits per heavy atom. The molecular weight excluding hydrogens is 773 g/mol. The van der Waals surface area contributed by atoms with Crippen LogP contribution in [0.15, 0.2) is 48.5 Å². The largest absolute Gasteiger partial charge is 0.449 e.